The average molecular weight is 286 g/mol. The van der Waals surface area contributed by atoms with E-state index in [1.54, 1.807) is 17.8 Å². The van der Waals surface area contributed by atoms with Gasteiger partial charge in [0, 0.05) is 19.0 Å². The molecule has 0 atom stereocenters. The molecule has 5 heteroatoms. The number of ketones is 1. The summed E-state index contributed by atoms with van der Waals surface area (Å²) >= 11 is 0. The van der Waals surface area contributed by atoms with Gasteiger partial charge in [0.15, 0.2) is 0 Å². The number of aromatic nitrogens is 2. The Labute approximate surface area is 123 Å². The van der Waals surface area contributed by atoms with E-state index >= 15 is 0 Å². The summed E-state index contributed by atoms with van der Waals surface area (Å²) in [5.41, 5.74) is 1.73. The van der Waals surface area contributed by atoms with E-state index in [1.165, 1.54) is 0 Å². The van der Waals surface area contributed by atoms with Gasteiger partial charge >= 0.3 is 5.97 Å². The van der Waals surface area contributed by atoms with E-state index < -0.39 is 0 Å². The second kappa shape index (κ2) is 7.38. The second-order valence-electron chi connectivity index (χ2n) is 4.59. The lowest BCUT2D eigenvalue weighted by Crippen LogP contribution is -2.12. The summed E-state index contributed by atoms with van der Waals surface area (Å²) in [5.74, 6) is -0.330. The lowest BCUT2D eigenvalue weighted by Gasteiger charge is -2.07. The molecule has 0 spiro atoms. The van der Waals surface area contributed by atoms with Crippen LogP contribution in [0.2, 0.25) is 0 Å². The van der Waals surface area contributed by atoms with Crippen LogP contribution in [0.1, 0.15) is 25.5 Å². The fourth-order valence-corrected chi connectivity index (χ4v) is 2.03. The summed E-state index contributed by atoms with van der Waals surface area (Å²) in [7, 11) is 0. The van der Waals surface area contributed by atoms with Crippen LogP contribution < -0.4 is 0 Å². The summed E-state index contributed by atoms with van der Waals surface area (Å²) in [6.07, 6.45) is 2.25. The minimum atomic E-state index is -0.331. The first-order valence-corrected chi connectivity index (χ1v) is 6.96. The van der Waals surface area contributed by atoms with Crippen LogP contribution >= 0.6 is 0 Å². The molecule has 0 amide bonds. The van der Waals surface area contributed by atoms with E-state index in [0.29, 0.717) is 6.61 Å². The topological polar surface area (TPSA) is 61.2 Å². The number of ether oxygens (including phenoxy) is 1. The van der Waals surface area contributed by atoms with Crippen LogP contribution in [0.25, 0.3) is 5.69 Å². The molecule has 0 radical (unpaired) electrons. The number of hydrogen-bond acceptors (Lipinski definition) is 4. The van der Waals surface area contributed by atoms with Crippen LogP contribution in [0.4, 0.5) is 0 Å². The van der Waals surface area contributed by atoms with Crippen molar-refractivity contribution >= 4 is 11.8 Å². The summed E-state index contributed by atoms with van der Waals surface area (Å²) in [6, 6.07) is 11.4. The average Bonchev–Trinajstić information content (AvgIpc) is 2.94. The van der Waals surface area contributed by atoms with Crippen LogP contribution in [0.15, 0.2) is 42.6 Å². The number of benzene rings is 1. The number of rotatable bonds is 7. The van der Waals surface area contributed by atoms with E-state index in [2.05, 4.69) is 5.10 Å². The number of esters is 1. The molecule has 1 heterocycles. The molecule has 2 rings (SSSR count). The van der Waals surface area contributed by atoms with Crippen LogP contribution in [0, 0.1) is 0 Å². The second-order valence-corrected chi connectivity index (χ2v) is 4.59. The van der Waals surface area contributed by atoms with Crippen molar-refractivity contribution in [2.24, 2.45) is 0 Å². The van der Waals surface area contributed by atoms with E-state index in [4.69, 9.17) is 4.74 Å². The zero-order valence-corrected chi connectivity index (χ0v) is 12.0. The summed E-state index contributed by atoms with van der Waals surface area (Å²) in [5, 5.41) is 4.24. The standard InChI is InChI=1S/C16H18N2O3/c1-2-21-16(20)9-8-15(19)12-14-10-11-17-18(14)13-6-4-3-5-7-13/h3-7,10-11H,2,8-9,12H2,1H3. The van der Waals surface area contributed by atoms with Crippen molar-refractivity contribution in [1.82, 2.24) is 9.78 Å². The van der Waals surface area contributed by atoms with Gasteiger partial charge in [-0.2, -0.15) is 5.10 Å². The molecule has 0 bridgehead atoms. The molecule has 2 aromatic rings. The van der Waals surface area contributed by atoms with Crippen molar-refractivity contribution in [3.63, 3.8) is 0 Å². The largest absolute Gasteiger partial charge is 0.466 e. The van der Waals surface area contributed by atoms with Gasteiger partial charge in [-0.3, -0.25) is 9.59 Å². The third-order valence-corrected chi connectivity index (χ3v) is 3.01. The highest BCUT2D eigenvalue weighted by Gasteiger charge is 2.12. The number of Topliss-reactive ketones (excluding diaryl/α,β-unsaturated/α-hetero) is 1. The molecule has 0 saturated heterocycles. The molecule has 1 aromatic carbocycles. The zero-order chi connectivity index (χ0) is 15.1. The summed E-state index contributed by atoms with van der Waals surface area (Å²) in [6.45, 7) is 2.09. The Hall–Kier alpha value is -2.43. The molecule has 21 heavy (non-hydrogen) atoms. The number of para-hydroxylation sites is 1. The van der Waals surface area contributed by atoms with Crippen LogP contribution in [0.5, 0.6) is 0 Å². The molecule has 0 aliphatic carbocycles. The molecule has 5 nitrogen and oxygen atoms in total. The number of nitrogens with zero attached hydrogens (tertiary/aromatic N) is 2. The molecular weight excluding hydrogens is 268 g/mol. The van der Waals surface area contributed by atoms with Gasteiger partial charge in [0.2, 0.25) is 0 Å². The predicted molar refractivity (Wildman–Crippen MR) is 78.1 cm³/mol. The van der Waals surface area contributed by atoms with Crippen molar-refractivity contribution in [3.8, 4) is 5.69 Å². The van der Waals surface area contributed by atoms with Gasteiger partial charge in [0.05, 0.1) is 24.4 Å². The molecule has 0 aliphatic rings. The first-order valence-electron chi connectivity index (χ1n) is 6.96. The van der Waals surface area contributed by atoms with Gasteiger partial charge in [0.25, 0.3) is 0 Å². The van der Waals surface area contributed by atoms with Gasteiger partial charge in [-0.15, -0.1) is 0 Å². The fourth-order valence-electron chi connectivity index (χ4n) is 2.03. The van der Waals surface area contributed by atoms with Gasteiger partial charge in [-0.1, -0.05) is 18.2 Å². The van der Waals surface area contributed by atoms with Gasteiger partial charge < -0.3 is 4.74 Å². The third-order valence-electron chi connectivity index (χ3n) is 3.01. The van der Waals surface area contributed by atoms with Crippen molar-refractivity contribution in [1.29, 1.82) is 0 Å². The minimum absolute atomic E-state index is 0.000680. The smallest absolute Gasteiger partial charge is 0.306 e. The van der Waals surface area contributed by atoms with Crippen molar-refractivity contribution < 1.29 is 14.3 Å². The van der Waals surface area contributed by atoms with Crippen LogP contribution in [-0.2, 0) is 20.7 Å². The highest BCUT2D eigenvalue weighted by molar-refractivity contribution is 5.84. The highest BCUT2D eigenvalue weighted by atomic mass is 16.5. The number of hydrogen-bond donors (Lipinski definition) is 0. The van der Waals surface area contributed by atoms with E-state index in [-0.39, 0.29) is 31.0 Å². The maximum Gasteiger partial charge on any atom is 0.306 e. The first kappa shape index (κ1) is 15.0. The lowest BCUT2D eigenvalue weighted by atomic mass is 10.1. The summed E-state index contributed by atoms with van der Waals surface area (Å²) in [4.78, 5) is 23.2. The monoisotopic (exact) mass is 286 g/mol. The third kappa shape index (κ3) is 4.27. The quantitative estimate of drug-likeness (QED) is 0.733. The Morgan fingerprint density at radius 2 is 1.90 bits per heavy atom. The highest BCUT2D eigenvalue weighted by Crippen LogP contribution is 2.11. The minimum Gasteiger partial charge on any atom is -0.466 e. The molecule has 110 valence electrons. The Balaban J connectivity index is 1.96. The Morgan fingerprint density at radius 1 is 1.14 bits per heavy atom. The number of carbonyl (C=O) groups excluding carboxylic acids is 2. The number of carbonyl (C=O) groups is 2. The Bertz CT molecular complexity index is 605. The SMILES string of the molecule is CCOC(=O)CCC(=O)Cc1ccnn1-c1ccccc1. The van der Waals surface area contributed by atoms with Gasteiger partial charge in [0.1, 0.15) is 5.78 Å². The van der Waals surface area contributed by atoms with Crippen molar-refractivity contribution in [2.75, 3.05) is 6.61 Å². The van der Waals surface area contributed by atoms with Crippen molar-refractivity contribution in [2.45, 2.75) is 26.2 Å². The molecular formula is C16H18N2O3. The van der Waals surface area contributed by atoms with E-state index in [9.17, 15) is 9.59 Å². The molecule has 1 aromatic heterocycles. The van der Waals surface area contributed by atoms with Crippen LogP contribution in [-0.4, -0.2) is 28.1 Å². The van der Waals surface area contributed by atoms with Crippen molar-refractivity contribution in [3.05, 3.63) is 48.3 Å². The first-order chi connectivity index (χ1) is 10.2. The molecule has 0 aliphatic heterocycles. The zero-order valence-electron chi connectivity index (χ0n) is 12.0. The van der Waals surface area contributed by atoms with E-state index in [0.717, 1.165) is 11.4 Å². The summed E-state index contributed by atoms with van der Waals surface area (Å²) < 4.78 is 6.55. The maximum absolute atomic E-state index is 12.0. The molecule has 0 unspecified atom stereocenters. The fraction of sp³-hybridized carbons (Fsp3) is 0.312. The molecule has 0 saturated carbocycles. The normalized spacial score (nSPS) is 10.3. The lowest BCUT2D eigenvalue weighted by molar-refractivity contribution is -0.144. The van der Waals surface area contributed by atoms with Gasteiger partial charge in [-0.05, 0) is 25.1 Å². The predicted octanol–water partition coefficient (Wildman–Crippen LogP) is 2.33. The van der Waals surface area contributed by atoms with Crippen LogP contribution in [0.3, 0.4) is 0 Å². The maximum atomic E-state index is 12.0. The van der Waals surface area contributed by atoms with E-state index in [1.807, 2.05) is 36.4 Å². The van der Waals surface area contributed by atoms with Gasteiger partial charge in [-0.25, -0.2) is 4.68 Å². The Morgan fingerprint density at radius 3 is 2.62 bits per heavy atom. The molecule has 0 fully saturated rings. The molecule has 0 N–H and O–H groups in total. The Kier molecular flexibility index (Phi) is 5.26.